The molecular weight excluding hydrogens is 745 g/mol. The molecule has 0 unspecified atom stereocenters. The number of aliphatic hydroxyl groups excluding tert-OH is 1. The van der Waals surface area contributed by atoms with Crippen molar-refractivity contribution in [1.29, 1.82) is 0 Å². The van der Waals surface area contributed by atoms with Crippen LogP contribution < -0.4 is 37.6 Å². The molecule has 0 aliphatic carbocycles. The van der Waals surface area contributed by atoms with Gasteiger partial charge in [-0.2, -0.15) is 24.4 Å². The monoisotopic (exact) mass is 804 g/mol. The van der Waals surface area contributed by atoms with Crippen LogP contribution in [0.3, 0.4) is 0 Å². The predicted octanol–water partition coefficient (Wildman–Crippen LogP) is -1.90. The lowest BCUT2D eigenvalue weighted by Gasteiger charge is -2.29. The summed E-state index contributed by atoms with van der Waals surface area (Å²) >= 11 is 5.42. The van der Waals surface area contributed by atoms with Crippen molar-refractivity contribution < 1.29 is 48.6 Å². The van der Waals surface area contributed by atoms with E-state index >= 15 is 0 Å². The number of carboxylic acid groups (broad SMARTS) is 1. The first-order chi connectivity index (χ1) is 25.2. The zero-order chi connectivity index (χ0) is 41.4. The Hall–Kier alpha value is -3.62. The summed E-state index contributed by atoms with van der Waals surface area (Å²) in [5.41, 5.74) is 5.95. The van der Waals surface area contributed by atoms with E-state index in [1.165, 1.54) is 37.4 Å². The van der Waals surface area contributed by atoms with Crippen LogP contribution in [0.2, 0.25) is 0 Å². The van der Waals surface area contributed by atoms with Gasteiger partial charge in [0.2, 0.25) is 41.4 Å². The second-order valence-corrected chi connectivity index (χ2v) is 15.6. The van der Waals surface area contributed by atoms with Crippen molar-refractivity contribution in [3.8, 4) is 0 Å². The molecule has 7 amide bonds. The molecule has 9 atom stereocenters. The smallest absolute Gasteiger partial charge is 0.327 e. The average molecular weight is 805 g/mol. The number of aliphatic hydroxyl groups is 1. The van der Waals surface area contributed by atoms with Crippen LogP contribution in [0.25, 0.3) is 0 Å². The van der Waals surface area contributed by atoms with E-state index < -0.39 is 102 Å². The molecule has 0 aromatic carbocycles. The van der Waals surface area contributed by atoms with Crippen LogP contribution in [0, 0.1) is 11.8 Å². The van der Waals surface area contributed by atoms with Gasteiger partial charge in [0.25, 0.3) is 0 Å². The minimum absolute atomic E-state index is 0.111. The molecular formula is C34H60N8O10S2. The fraction of sp³-hybridized carbons (Fsp3) is 0.765. The van der Waals surface area contributed by atoms with Crippen molar-refractivity contribution in [3.05, 3.63) is 0 Å². The van der Waals surface area contributed by atoms with Gasteiger partial charge < -0.3 is 52.7 Å². The minimum atomic E-state index is -1.56. The fourth-order valence-electron chi connectivity index (χ4n) is 5.48. The van der Waals surface area contributed by atoms with Crippen molar-refractivity contribution in [2.75, 3.05) is 24.3 Å². The van der Waals surface area contributed by atoms with Crippen LogP contribution in [0.1, 0.15) is 74.1 Å². The maximum absolute atomic E-state index is 13.5. The molecule has 54 heavy (non-hydrogen) atoms. The summed E-state index contributed by atoms with van der Waals surface area (Å²) in [7, 11) is 0. The van der Waals surface area contributed by atoms with E-state index in [4.69, 9.17) is 5.73 Å². The third kappa shape index (κ3) is 15.3. The number of thioether (sulfide) groups is 1. The van der Waals surface area contributed by atoms with Crippen LogP contribution in [0.15, 0.2) is 0 Å². The Morgan fingerprint density at radius 3 is 1.87 bits per heavy atom. The molecule has 0 spiro atoms. The predicted molar refractivity (Wildman–Crippen MR) is 206 cm³/mol. The molecule has 1 fully saturated rings. The summed E-state index contributed by atoms with van der Waals surface area (Å²) in [6, 6.07) is -9.09. The van der Waals surface area contributed by atoms with Gasteiger partial charge in [-0.3, -0.25) is 33.6 Å². The molecule has 20 heteroatoms. The zero-order valence-corrected chi connectivity index (χ0v) is 34.1. The first-order valence-corrected chi connectivity index (χ1v) is 20.1. The van der Waals surface area contributed by atoms with Crippen LogP contribution in [0.4, 0.5) is 0 Å². The molecule has 308 valence electrons. The lowest BCUT2D eigenvalue weighted by molar-refractivity contribution is -0.142. The first-order valence-electron chi connectivity index (χ1n) is 18.1. The topological polar surface area (TPSA) is 278 Å². The second-order valence-electron chi connectivity index (χ2n) is 14.3. The molecule has 0 aromatic rings. The van der Waals surface area contributed by atoms with Crippen molar-refractivity contribution in [2.45, 2.75) is 129 Å². The Labute approximate surface area is 326 Å². The van der Waals surface area contributed by atoms with E-state index in [9.17, 15) is 48.6 Å². The number of hydrogen-bond acceptors (Lipinski definition) is 12. The van der Waals surface area contributed by atoms with E-state index in [1.807, 2.05) is 6.26 Å². The number of nitrogens with one attached hydrogen (secondary N) is 6. The summed E-state index contributed by atoms with van der Waals surface area (Å²) < 4.78 is 0. The Balaban J connectivity index is 2.96. The van der Waals surface area contributed by atoms with Gasteiger partial charge in [-0.1, -0.05) is 27.7 Å². The summed E-state index contributed by atoms with van der Waals surface area (Å²) in [5.74, 6) is -6.03. The summed E-state index contributed by atoms with van der Waals surface area (Å²) in [6.45, 7) is 11.4. The molecule has 0 saturated carbocycles. The molecule has 10 N–H and O–H groups in total. The summed E-state index contributed by atoms with van der Waals surface area (Å²) in [6.07, 6.45) is 1.58. The highest BCUT2D eigenvalue weighted by molar-refractivity contribution is 7.98. The third-order valence-corrected chi connectivity index (χ3v) is 9.79. The number of thiol groups is 1. The molecule has 1 aliphatic heterocycles. The SMILES string of the molecule is CSCC[C@H](NC(=O)[C@@H](N)C(C)C)C(=O)N[C@@H](C)C(=O)N1CCC[C@H]1C(=O)N[C@@H](C)C(=O)N[C@H](C(=O)N[C@@H](CC(C)C)C(=O)N[C@@H](CS)C(=O)O)[C@@H](C)O. The third-order valence-electron chi connectivity index (χ3n) is 8.78. The zero-order valence-electron chi connectivity index (χ0n) is 32.3. The highest BCUT2D eigenvalue weighted by Gasteiger charge is 2.39. The van der Waals surface area contributed by atoms with Crippen molar-refractivity contribution >= 4 is 71.7 Å². The summed E-state index contributed by atoms with van der Waals surface area (Å²) in [4.78, 5) is 105. The van der Waals surface area contributed by atoms with E-state index in [0.717, 1.165) is 0 Å². The molecule has 0 bridgehead atoms. The lowest BCUT2D eigenvalue weighted by atomic mass is 10.0. The van der Waals surface area contributed by atoms with Crippen LogP contribution in [0.5, 0.6) is 0 Å². The van der Waals surface area contributed by atoms with Gasteiger partial charge in [-0.05, 0) is 70.3 Å². The Morgan fingerprint density at radius 2 is 1.35 bits per heavy atom. The molecule has 1 rings (SSSR count). The standard InChI is InChI=1S/C34H60N8O10S2/c1-16(2)14-22(29(46)40-23(15-53)34(51)52)39-32(49)26(20(7)43)41-27(44)18(5)36-30(47)24-10-9-12-42(24)33(50)19(6)37-28(45)21(11-13-54-8)38-31(48)25(35)17(3)4/h16-26,43,53H,9-15,35H2,1-8H3,(H,36,47)(H,37,45)(H,38,48)(H,39,49)(H,40,46)(H,41,44)(H,51,52)/t18-,19-,20+,21-,22-,23-,24-,25-,26-/m0/s1. The minimum Gasteiger partial charge on any atom is -0.480 e. The second kappa shape index (κ2) is 23.3. The van der Waals surface area contributed by atoms with Gasteiger partial charge in [-0.25, -0.2) is 4.79 Å². The maximum atomic E-state index is 13.5. The molecule has 1 aliphatic rings. The number of nitrogens with two attached hydrogens (primary N) is 1. The Bertz CT molecular complexity index is 1340. The number of aliphatic carboxylic acids is 1. The fourth-order valence-corrected chi connectivity index (χ4v) is 6.20. The van der Waals surface area contributed by atoms with Gasteiger partial charge in [0.1, 0.15) is 42.3 Å². The first kappa shape index (κ1) is 48.4. The number of amides is 7. The molecule has 0 radical (unpaired) electrons. The maximum Gasteiger partial charge on any atom is 0.327 e. The van der Waals surface area contributed by atoms with Gasteiger partial charge in [0, 0.05) is 12.3 Å². The normalized spacial score (nSPS) is 18.6. The van der Waals surface area contributed by atoms with Crippen LogP contribution >= 0.6 is 24.4 Å². The molecule has 0 aromatic heterocycles. The van der Waals surface area contributed by atoms with E-state index in [2.05, 4.69) is 44.5 Å². The van der Waals surface area contributed by atoms with E-state index in [-0.39, 0.29) is 37.0 Å². The summed E-state index contributed by atoms with van der Waals surface area (Å²) in [5, 5.41) is 34.7. The van der Waals surface area contributed by atoms with Gasteiger partial charge in [0.05, 0.1) is 12.1 Å². The highest BCUT2D eigenvalue weighted by Crippen LogP contribution is 2.19. The van der Waals surface area contributed by atoms with Crippen LogP contribution in [-0.2, 0) is 38.4 Å². The number of likely N-dealkylation sites (tertiary alicyclic amines) is 1. The quantitative estimate of drug-likeness (QED) is 0.0538. The van der Waals surface area contributed by atoms with Gasteiger partial charge in [0.15, 0.2) is 0 Å². The Morgan fingerprint density at radius 1 is 0.778 bits per heavy atom. The Kier molecular flexibility index (Phi) is 20.9. The number of carbonyl (C=O) groups excluding carboxylic acids is 7. The number of carboxylic acids is 1. The van der Waals surface area contributed by atoms with Gasteiger partial charge >= 0.3 is 5.97 Å². The number of hydrogen-bond donors (Lipinski definition) is 10. The number of nitrogens with zero attached hydrogens (tertiary/aromatic N) is 1. The average Bonchev–Trinajstić information content (AvgIpc) is 3.59. The molecule has 1 heterocycles. The van der Waals surface area contributed by atoms with E-state index in [1.54, 1.807) is 27.7 Å². The highest BCUT2D eigenvalue weighted by atomic mass is 32.2. The molecule has 18 nitrogen and oxygen atoms in total. The number of rotatable bonds is 22. The van der Waals surface area contributed by atoms with Crippen molar-refractivity contribution in [2.24, 2.45) is 17.6 Å². The molecule has 1 saturated heterocycles. The number of carbonyl (C=O) groups is 8. The lowest BCUT2D eigenvalue weighted by Crippen LogP contribution is -2.61. The van der Waals surface area contributed by atoms with Crippen LogP contribution in [-0.4, -0.2) is 141 Å². The van der Waals surface area contributed by atoms with Crippen molar-refractivity contribution in [3.63, 3.8) is 0 Å². The van der Waals surface area contributed by atoms with Gasteiger partial charge in [-0.15, -0.1) is 0 Å². The largest absolute Gasteiger partial charge is 0.480 e. The van der Waals surface area contributed by atoms with E-state index in [0.29, 0.717) is 18.6 Å². The van der Waals surface area contributed by atoms with Crippen molar-refractivity contribution in [1.82, 2.24) is 36.8 Å².